The van der Waals surface area contributed by atoms with Crippen LogP contribution in [0.4, 0.5) is 13.2 Å². The minimum atomic E-state index is -4.76. The molecule has 3 aromatic rings. The molecule has 0 spiro atoms. The van der Waals surface area contributed by atoms with Gasteiger partial charge in [0.05, 0.1) is 23.5 Å². The SMILES string of the molecule is [O-][S+](N[C@H]1CCO[C@@H](C2c3ccccc3CCc3ccccc32)C1)c1ccc(OC(F)(F)F)cc1. The van der Waals surface area contributed by atoms with Crippen molar-refractivity contribution in [3.05, 3.63) is 95.1 Å². The van der Waals surface area contributed by atoms with Crippen molar-refractivity contribution in [3.8, 4) is 5.75 Å². The van der Waals surface area contributed by atoms with Crippen LogP contribution in [-0.4, -0.2) is 29.7 Å². The molecule has 0 aromatic heterocycles. The van der Waals surface area contributed by atoms with Crippen molar-refractivity contribution in [1.29, 1.82) is 0 Å². The third-order valence-electron chi connectivity index (χ3n) is 6.68. The number of aryl methyl sites for hydroxylation is 2. The van der Waals surface area contributed by atoms with Crippen molar-refractivity contribution in [2.75, 3.05) is 6.61 Å². The molecule has 184 valence electrons. The molecular formula is C27H26F3NO3S. The molecule has 5 rings (SSSR count). The highest BCUT2D eigenvalue weighted by atomic mass is 32.2. The zero-order valence-corrected chi connectivity index (χ0v) is 19.8. The predicted octanol–water partition coefficient (Wildman–Crippen LogP) is 5.68. The molecule has 0 bridgehead atoms. The minimum absolute atomic E-state index is 0.0525. The van der Waals surface area contributed by atoms with Crippen molar-refractivity contribution < 1.29 is 27.2 Å². The predicted molar refractivity (Wildman–Crippen MR) is 128 cm³/mol. The molecular weight excluding hydrogens is 475 g/mol. The van der Waals surface area contributed by atoms with Gasteiger partial charge in [0.15, 0.2) is 4.90 Å². The summed E-state index contributed by atoms with van der Waals surface area (Å²) in [4.78, 5) is 0.396. The van der Waals surface area contributed by atoms with E-state index in [1.807, 2.05) is 0 Å². The second kappa shape index (κ2) is 10.2. The lowest BCUT2D eigenvalue weighted by Gasteiger charge is -2.36. The molecule has 1 N–H and O–H groups in total. The van der Waals surface area contributed by atoms with Gasteiger partial charge >= 0.3 is 6.36 Å². The van der Waals surface area contributed by atoms with E-state index in [0.717, 1.165) is 12.8 Å². The lowest BCUT2D eigenvalue weighted by Crippen LogP contribution is -2.44. The lowest BCUT2D eigenvalue weighted by molar-refractivity contribution is -0.274. The average molecular weight is 502 g/mol. The highest BCUT2D eigenvalue weighted by Gasteiger charge is 2.36. The van der Waals surface area contributed by atoms with Crippen LogP contribution in [0.15, 0.2) is 77.7 Å². The van der Waals surface area contributed by atoms with Crippen molar-refractivity contribution >= 4 is 11.4 Å². The Balaban J connectivity index is 1.33. The zero-order valence-electron chi connectivity index (χ0n) is 19.0. The van der Waals surface area contributed by atoms with Gasteiger partial charge in [0, 0.05) is 12.5 Å². The summed E-state index contributed by atoms with van der Waals surface area (Å²) in [6, 6.07) is 22.1. The number of alkyl halides is 3. The largest absolute Gasteiger partial charge is 0.593 e. The van der Waals surface area contributed by atoms with Crippen LogP contribution >= 0.6 is 0 Å². The smallest absolute Gasteiger partial charge is 0.573 e. The first-order valence-electron chi connectivity index (χ1n) is 11.7. The molecule has 4 nitrogen and oxygen atoms in total. The molecule has 3 aromatic carbocycles. The molecule has 1 aliphatic heterocycles. The summed E-state index contributed by atoms with van der Waals surface area (Å²) in [5, 5.41) is 0. The molecule has 3 atom stereocenters. The van der Waals surface area contributed by atoms with Gasteiger partial charge in [-0.3, -0.25) is 0 Å². The van der Waals surface area contributed by atoms with E-state index in [1.165, 1.54) is 46.5 Å². The fourth-order valence-corrected chi connectivity index (χ4v) is 6.16. The Morgan fingerprint density at radius 1 is 0.886 bits per heavy atom. The summed E-state index contributed by atoms with van der Waals surface area (Å²) >= 11 is -1.57. The van der Waals surface area contributed by atoms with Crippen molar-refractivity contribution in [1.82, 2.24) is 4.72 Å². The fourth-order valence-electron chi connectivity index (χ4n) is 5.12. The van der Waals surface area contributed by atoms with E-state index in [4.69, 9.17) is 4.74 Å². The molecule has 0 radical (unpaired) electrons. The Morgan fingerprint density at radius 2 is 1.49 bits per heavy atom. The molecule has 1 heterocycles. The van der Waals surface area contributed by atoms with Gasteiger partial charge in [0.2, 0.25) is 0 Å². The normalized spacial score (nSPS) is 21.5. The summed E-state index contributed by atoms with van der Waals surface area (Å²) in [5.74, 6) is -0.253. The first-order chi connectivity index (χ1) is 16.9. The second-order valence-corrected chi connectivity index (χ2v) is 10.2. The molecule has 35 heavy (non-hydrogen) atoms. The molecule has 1 fully saturated rings. The van der Waals surface area contributed by atoms with E-state index in [9.17, 15) is 17.7 Å². The molecule has 2 aliphatic rings. The number of hydrogen-bond donors (Lipinski definition) is 1. The van der Waals surface area contributed by atoms with Gasteiger partial charge in [0.25, 0.3) is 0 Å². The van der Waals surface area contributed by atoms with Crippen LogP contribution in [0.1, 0.15) is 41.0 Å². The standard InChI is InChI=1S/C27H26F3NO3S/c28-27(29,30)34-21-11-13-22(14-12-21)35(32)31-20-15-16-33-25(17-20)26-23-7-3-1-5-18(23)9-10-19-6-2-4-8-24(19)26/h1-8,11-14,20,25-26,31H,9-10,15-17H2/t20-,25+,35?/m0/s1. The monoisotopic (exact) mass is 501 g/mol. The van der Waals surface area contributed by atoms with Crippen molar-refractivity contribution in [3.63, 3.8) is 0 Å². The maximum absolute atomic E-state index is 12.9. The van der Waals surface area contributed by atoms with Crippen LogP contribution in [0, 0.1) is 0 Å². The van der Waals surface area contributed by atoms with E-state index < -0.39 is 17.7 Å². The highest BCUT2D eigenvalue weighted by Crippen LogP contribution is 2.40. The van der Waals surface area contributed by atoms with Crippen molar-refractivity contribution in [2.45, 2.75) is 55.0 Å². The maximum Gasteiger partial charge on any atom is 0.573 e. The third kappa shape index (κ3) is 5.67. The number of ether oxygens (including phenoxy) is 2. The summed E-state index contributed by atoms with van der Waals surface area (Å²) < 4.78 is 63.5. The van der Waals surface area contributed by atoms with Gasteiger partial charge in [-0.05, 0) is 72.2 Å². The Hall–Kier alpha value is -2.52. The van der Waals surface area contributed by atoms with Crippen LogP contribution < -0.4 is 9.46 Å². The first-order valence-corrected chi connectivity index (χ1v) is 12.8. The summed E-state index contributed by atoms with van der Waals surface area (Å²) in [6.45, 7) is 0.540. The summed E-state index contributed by atoms with van der Waals surface area (Å²) in [5.41, 5.74) is 5.23. The summed E-state index contributed by atoms with van der Waals surface area (Å²) in [7, 11) is 0. The maximum atomic E-state index is 12.9. The Morgan fingerprint density at radius 3 is 2.09 bits per heavy atom. The molecule has 1 unspecified atom stereocenters. The third-order valence-corrected chi connectivity index (χ3v) is 7.92. The molecule has 0 amide bonds. The van der Waals surface area contributed by atoms with Crippen LogP contribution in [0.25, 0.3) is 0 Å². The number of hydrogen-bond acceptors (Lipinski definition) is 4. The van der Waals surface area contributed by atoms with E-state index in [0.29, 0.717) is 24.3 Å². The number of rotatable bonds is 5. The Kier molecular flexibility index (Phi) is 7.07. The molecule has 1 aliphatic carbocycles. The van der Waals surface area contributed by atoms with Gasteiger partial charge in [0.1, 0.15) is 5.75 Å². The van der Waals surface area contributed by atoms with Crippen molar-refractivity contribution in [2.24, 2.45) is 0 Å². The average Bonchev–Trinajstić information content (AvgIpc) is 3.00. The quantitative estimate of drug-likeness (QED) is 0.458. The Labute approximate surface area is 205 Å². The van der Waals surface area contributed by atoms with Gasteiger partial charge < -0.3 is 14.0 Å². The zero-order chi connectivity index (χ0) is 24.4. The number of nitrogens with one attached hydrogen (secondary N) is 1. The van der Waals surface area contributed by atoms with Gasteiger partial charge in [-0.25, -0.2) is 0 Å². The number of benzene rings is 3. The second-order valence-electron chi connectivity index (χ2n) is 8.91. The first kappa shape index (κ1) is 24.2. The fraction of sp³-hybridized carbons (Fsp3) is 0.333. The van der Waals surface area contributed by atoms with E-state index in [2.05, 4.69) is 58.0 Å². The lowest BCUT2D eigenvalue weighted by atomic mass is 9.80. The molecule has 0 saturated carbocycles. The van der Waals surface area contributed by atoms with Crippen LogP contribution in [-0.2, 0) is 28.9 Å². The topological polar surface area (TPSA) is 53.5 Å². The Bertz CT molecular complexity index is 1110. The van der Waals surface area contributed by atoms with Gasteiger partial charge in [-0.2, -0.15) is 0 Å². The number of halogens is 3. The van der Waals surface area contributed by atoms with Gasteiger partial charge in [-0.15, -0.1) is 17.9 Å². The minimum Gasteiger partial charge on any atom is -0.593 e. The van der Waals surface area contributed by atoms with E-state index in [1.54, 1.807) is 0 Å². The van der Waals surface area contributed by atoms with E-state index >= 15 is 0 Å². The van der Waals surface area contributed by atoms with Crippen LogP contribution in [0.5, 0.6) is 5.75 Å². The number of fused-ring (bicyclic) bond motifs is 2. The van der Waals surface area contributed by atoms with Gasteiger partial charge in [-0.1, -0.05) is 48.5 Å². The molecule has 8 heteroatoms. The van der Waals surface area contributed by atoms with E-state index in [-0.39, 0.29) is 23.8 Å². The van der Waals surface area contributed by atoms with Crippen LogP contribution in [0.2, 0.25) is 0 Å². The highest BCUT2D eigenvalue weighted by molar-refractivity contribution is 7.89. The molecule has 1 saturated heterocycles. The van der Waals surface area contributed by atoms with Crippen LogP contribution in [0.3, 0.4) is 0 Å². The summed E-state index contributed by atoms with van der Waals surface area (Å²) in [6.07, 6.45) is -1.50.